The molecule has 0 aliphatic heterocycles. The predicted molar refractivity (Wildman–Crippen MR) is 87.5 cm³/mol. The fraction of sp³-hybridized carbons (Fsp3) is 0.571. The first kappa shape index (κ1) is 18.3. The molecule has 21 heavy (non-hydrogen) atoms. The molecule has 0 fully saturated rings. The number of sulfonamides is 1. The average molecular weight is 332 g/mol. The molecule has 7 heteroatoms. The summed E-state index contributed by atoms with van der Waals surface area (Å²) in [6.45, 7) is 8.01. The van der Waals surface area contributed by atoms with Crippen LogP contribution < -0.4 is 4.89 Å². The van der Waals surface area contributed by atoms with E-state index < -0.39 is 18.5 Å². The van der Waals surface area contributed by atoms with Gasteiger partial charge in [-0.2, -0.15) is 0 Å². The fourth-order valence-corrected chi connectivity index (χ4v) is 3.56. The Kier molecular flexibility index (Phi) is 5.39. The van der Waals surface area contributed by atoms with Gasteiger partial charge in [-0.15, -0.1) is 0 Å². The normalized spacial score (nSPS) is 13.7. The molecule has 5 nitrogen and oxygen atoms in total. The molecule has 0 spiro atoms. The van der Waals surface area contributed by atoms with Gasteiger partial charge in [-0.25, -0.2) is 8.42 Å². The monoisotopic (exact) mass is 331 g/mol. The molecule has 1 N–H and O–H groups in total. The summed E-state index contributed by atoms with van der Waals surface area (Å²) in [7, 11) is 0.107. The first-order chi connectivity index (χ1) is 9.37. The Morgan fingerprint density at radius 1 is 1.19 bits per heavy atom. The van der Waals surface area contributed by atoms with Gasteiger partial charge >= 0.3 is 8.48 Å². The molecule has 0 aliphatic carbocycles. The van der Waals surface area contributed by atoms with Crippen LogP contribution in [0.3, 0.4) is 0 Å². The number of hydrogen-bond acceptors (Lipinski definition) is 3. The number of benzene rings is 1. The van der Waals surface area contributed by atoms with Crippen LogP contribution in [0.4, 0.5) is 0 Å². The number of nitrogens with one attached hydrogen (secondary N) is 1. The third kappa shape index (κ3) is 4.62. The van der Waals surface area contributed by atoms with E-state index in [0.29, 0.717) is 4.15 Å². The first-order valence-electron chi connectivity index (χ1n) is 6.98. The van der Waals surface area contributed by atoms with Crippen molar-refractivity contribution in [1.82, 2.24) is 4.89 Å². The van der Waals surface area contributed by atoms with Crippen molar-refractivity contribution >= 4 is 18.5 Å². The third-order valence-electron chi connectivity index (χ3n) is 3.85. The summed E-state index contributed by atoms with van der Waals surface area (Å²) in [4.78, 5) is 2.54. The first-order valence-corrected chi connectivity index (χ1v) is 11.3. The Hall–Kier alpha value is -0.733. The van der Waals surface area contributed by atoms with E-state index in [1.165, 1.54) is 0 Å². The summed E-state index contributed by atoms with van der Waals surface area (Å²) in [6, 6.07) is 6.95. The molecule has 0 amide bonds. The minimum atomic E-state index is -3.66. The van der Waals surface area contributed by atoms with E-state index >= 15 is 0 Å². The second-order valence-electron chi connectivity index (χ2n) is 6.88. The average Bonchev–Trinajstić information content (AvgIpc) is 2.35. The van der Waals surface area contributed by atoms with Crippen LogP contribution in [-0.2, 0) is 14.6 Å². The second kappa shape index (κ2) is 6.17. The molecule has 0 atom stereocenters. The van der Waals surface area contributed by atoms with Gasteiger partial charge in [0.05, 0.1) is 26.0 Å². The van der Waals surface area contributed by atoms with Gasteiger partial charge < -0.3 is 4.15 Å². The summed E-state index contributed by atoms with van der Waals surface area (Å²) in [6.07, 6.45) is 0. The molecule has 1 aromatic rings. The zero-order valence-electron chi connectivity index (χ0n) is 14.0. The van der Waals surface area contributed by atoms with Crippen molar-refractivity contribution in [2.45, 2.75) is 37.8 Å². The summed E-state index contributed by atoms with van der Waals surface area (Å²) < 4.78 is 30.9. The van der Waals surface area contributed by atoms with Crippen LogP contribution in [0.2, 0.25) is 13.1 Å². The maximum atomic E-state index is 12.4. The third-order valence-corrected chi connectivity index (χ3v) is 9.01. The Labute approximate surface area is 129 Å². The van der Waals surface area contributed by atoms with E-state index in [2.05, 4.69) is 4.89 Å². The lowest BCUT2D eigenvalue weighted by Crippen LogP contribution is -2.61. The van der Waals surface area contributed by atoms with Crippen molar-refractivity contribution in [2.24, 2.45) is 0 Å². The molecule has 0 heterocycles. The zero-order chi connectivity index (χ0) is 16.5. The van der Waals surface area contributed by atoms with Crippen molar-refractivity contribution < 1.29 is 17.1 Å². The predicted octanol–water partition coefficient (Wildman–Crippen LogP) is 2.43. The van der Waals surface area contributed by atoms with Crippen molar-refractivity contribution in [2.75, 3.05) is 21.1 Å². The second-order valence-corrected chi connectivity index (χ2v) is 13.0. The van der Waals surface area contributed by atoms with Crippen molar-refractivity contribution in [1.29, 1.82) is 0 Å². The van der Waals surface area contributed by atoms with Crippen LogP contribution in [0.15, 0.2) is 29.2 Å². The molecule has 0 unspecified atom stereocenters. The largest absolute Gasteiger partial charge is 0.448 e. The number of rotatable bonds is 6. The summed E-state index contributed by atoms with van der Waals surface area (Å²) >= 11 is 0. The van der Waals surface area contributed by atoms with Crippen LogP contribution in [0, 0.1) is 0 Å². The zero-order valence-corrected chi connectivity index (χ0v) is 15.8. The van der Waals surface area contributed by atoms with Gasteiger partial charge in [0.2, 0.25) is 0 Å². The quantitative estimate of drug-likeness (QED) is 0.643. The topological polar surface area (TPSA) is 55.4 Å². The van der Waals surface area contributed by atoms with Crippen molar-refractivity contribution in [3.8, 4) is 0 Å². The molecule has 0 saturated heterocycles. The molecule has 0 saturated carbocycles. The van der Waals surface area contributed by atoms with E-state index in [-0.39, 0.29) is 10.8 Å². The van der Waals surface area contributed by atoms with E-state index in [1.54, 1.807) is 18.2 Å². The van der Waals surface area contributed by atoms with Gasteiger partial charge in [-0.05, 0) is 23.6 Å². The SMILES string of the molecule is CC(C)c1cccc(S(=O)(=O)NO[Si](C)(C)[N+](C)(C)C)c1. The fourth-order valence-electron chi connectivity index (χ4n) is 1.38. The summed E-state index contributed by atoms with van der Waals surface area (Å²) in [5.41, 5.74) is 0.987. The molecule has 0 radical (unpaired) electrons. The highest BCUT2D eigenvalue weighted by Gasteiger charge is 2.42. The molecule has 1 aromatic carbocycles. The van der Waals surface area contributed by atoms with E-state index in [9.17, 15) is 8.42 Å². The molecule has 120 valence electrons. The highest BCUT2D eigenvalue weighted by atomic mass is 32.2. The summed E-state index contributed by atoms with van der Waals surface area (Å²) in [5, 5.41) is 0. The minimum absolute atomic E-state index is 0.236. The molecule has 0 bridgehead atoms. The van der Waals surface area contributed by atoms with E-state index in [4.69, 9.17) is 4.53 Å². The van der Waals surface area contributed by atoms with Gasteiger partial charge in [-0.3, -0.25) is 4.53 Å². The van der Waals surface area contributed by atoms with Crippen molar-refractivity contribution in [3.63, 3.8) is 0 Å². The van der Waals surface area contributed by atoms with Gasteiger partial charge in [0.15, 0.2) is 0 Å². The standard InChI is InChI=1S/C14H27N2O3SSi/c1-12(2)13-9-8-10-14(11-13)20(17,18)15-19-21(6,7)16(3,4)5/h8-12,15H,1-7H3/q+1. The summed E-state index contributed by atoms with van der Waals surface area (Å²) in [5.74, 6) is 0.276. The van der Waals surface area contributed by atoms with Crippen LogP contribution in [0.5, 0.6) is 0 Å². The van der Waals surface area contributed by atoms with Gasteiger partial charge in [0.1, 0.15) is 0 Å². The number of nitrogens with zero attached hydrogens (tertiary/aromatic N) is 1. The Balaban J connectivity index is 2.96. The van der Waals surface area contributed by atoms with Gasteiger partial charge in [0.25, 0.3) is 10.0 Å². The Morgan fingerprint density at radius 3 is 2.24 bits per heavy atom. The van der Waals surface area contributed by atoms with Gasteiger partial charge in [0, 0.05) is 13.1 Å². The molecular weight excluding hydrogens is 304 g/mol. The number of quaternary nitrogens is 1. The maximum Gasteiger partial charge on any atom is 0.448 e. The molecule has 0 aromatic heterocycles. The van der Waals surface area contributed by atoms with Crippen LogP contribution in [0.25, 0.3) is 0 Å². The van der Waals surface area contributed by atoms with Crippen molar-refractivity contribution in [3.05, 3.63) is 29.8 Å². The van der Waals surface area contributed by atoms with Gasteiger partial charge in [-0.1, -0.05) is 30.9 Å². The molecule has 1 rings (SSSR count). The van der Waals surface area contributed by atoms with Crippen LogP contribution in [-0.4, -0.2) is 42.2 Å². The van der Waals surface area contributed by atoms with E-state index in [0.717, 1.165) is 5.56 Å². The molecular formula is C14H27N2O3SSi+. The lowest BCUT2D eigenvalue weighted by molar-refractivity contribution is -0.777. The number of hydrogen-bond donors (Lipinski definition) is 1. The maximum absolute atomic E-state index is 12.4. The Morgan fingerprint density at radius 2 is 1.76 bits per heavy atom. The lowest BCUT2D eigenvalue weighted by Gasteiger charge is -2.37. The highest BCUT2D eigenvalue weighted by molar-refractivity contribution is 7.89. The smallest absolute Gasteiger partial charge is 0.368 e. The van der Waals surface area contributed by atoms with E-state index in [1.807, 2.05) is 54.2 Å². The van der Waals surface area contributed by atoms with Crippen LogP contribution >= 0.6 is 0 Å². The highest BCUT2D eigenvalue weighted by Crippen LogP contribution is 2.19. The Bertz CT molecular complexity index is 592. The minimum Gasteiger partial charge on any atom is -0.368 e. The lowest BCUT2D eigenvalue weighted by atomic mass is 10.0. The molecule has 0 aliphatic rings. The van der Waals surface area contributed by atoms with Crippen LogP contribution in [0.1, 0.15) is 25.3 Å².